The van der Waals surface area contributed by atoms with Crippen LogP contribution in [0.5, 0.6) is 11.5 Å². The third-order valence-corrected chi connectivity index (χ3v) is 6.16. The van der Waals surface area contributed by atoms with Crippen molar-refractivity contribution in [1.82, 2.24) is 9.55 Å². The molecule has 37 heavy (non-hydrogen) atoms. The Hall–Kier alpha value is -4.52. The van der Waals surface area contributed by atoms with E-state index < -0.39 is 11.7 Å². The molecule has 0 saturated carbocycles. The van der Waals surface area contributed by atoms with E-state index >= 15 is 0 Å². The lowest BCUT2D eigenvalue weighted by atomic mass is 10.0. The van der Waals surface area contributed by atoms with E-state index in [9.17, 15) is 18.3 Å². The van der Waals surface area contributed by atoms with Crippen molar-refractivity contribution in [2.45, 2.75) is 13.1 Å². The molecule has 0 unspecified atom stereocenters. The Balaban J connectivity index is 1.88. The Labute approximate surface area is 212 Å². The van der Waals surface area contributed by atoms with Crippen LogP contribution in [-0.2, 0) is 6.18 Å². The maximum Gasteiger partial charge on any atom is 0.416 e. The average Bonchev–Trinajstić information content (AvgIpc) is 3.29. The van der Waals surface area contributed by atoms with Crippen LogP contribution in [0.15, 0.2) is 97.1 Å². The smallest absolute Gasteiger partial charge is 0.416 e. The number of aromatic nitrogens is 2. The molecule has 1 heterocycles. The summed E-state index contributed by atoms with van der Waals surface area (Å²) in [5, 5.41) is 10.8. The predicted molar refractivity (Wildman–Crippen MR) is 138 cm³/mol. The van der Waals surface area contributed by atoms with Crippen LogP contribution in [0, 0.1) is 6.92 Å². The molecular weight excluding hydrogens is 477 g/mol. The zero-order chi connectivity index (χ0) is 26.2. The second-order valence-corrected chi connectivity index (χ2v) is 8.60. The number of halogens is 3. The van der Waals surface area contributed by atoms with Crippen molar-refractivity contribution in [1.29, 1.82) is 0 Å². The number of imidazole rings is 1. The summed E-state index contributed by atoms with van der Waals surface area (Å²) in [7, 11) is 1.57. The van der Waals surface area contributed by atoms with Crippen LogP contribution in [0.25, 0.3) is 39.6 Å². The molecule has 1 aromatic heterocycles. The van der Waals surface area contributed by atoms with Crippen LogP contribution in [0.2, 0.25) is 0 Å². The molecule has 0 aliphatic rings. The fourth-order valence-electron chi connectivity index (χ4n) is 4.32. The van der Waals surface area contributed by atoms with Crippen LogP contribution in [-0.4, -0.2) is 21.8 Å². The Kier molecular flexibility index (Phi) is 6.21. The normalized spacial score (nSPS) is 11.5. The summed E-state index contributed by atoms with van der Waals surface area (Å²) >= 11 is 0. The molecule has 0 amide bonds. The number of benzene rings is 4. The van der Waals surface area contributed by atoms with Gasteiger partial charge in [0.2, 0.25) is 0 Å². The van der Waals surface area contributed by atoms with Gasteiger partial charge < -0.3 is 9.84 Å². The molecule has 7 heteroatoms. The first-order chi connectivity index (χ1) is 17.8. The fraction of sp³-hybridized carbons (Fsp3) is 0.100. The topological polar surface area (TPSA) is 47.3 Å². The maximum absolute atomic E-state index is 13.3. The highest BCUT2D eigenvalue weighted by molar-refractivity contribution is 5.88. The third kappa shape index (κ3) is 4.56. The molecule has 5 rings (SSSR count). The summed E-state index contributed by atoms with van der Waals surface area (Å²) in [4.78, 5) is 4.92. The van der Waals surface area contributed by atoms with Gasteiger partial charge in [-0.3, -0.25) is 4.57 Å². The molecule has 4 nitrogen and oxygen atoms in total. The summed E-state index contributed by atoms with van der Waals surface area (Å²) in [5.41, 5.74) is 3.88. The molecule has 0 aliphatic carbocycles. The van der Waals surface area contributed by atoms with E-state index in [0.29, 0.717) is 34.1 Å². The minimum atomic E-state index is -4.45. The van der Waals surface area contributed by atoms with Crippen molar-refractivity contribution >= 4 is 0 Å². The molecule has 0 aliphatic heterocycles. The van der Waals surface area contributed by atoms with E-state index in [2.05, 4.69) is 0 Å². The van der Waals surface area contributed by atoms with Crippen LogP contribution >= 0.6 is 0 Å². The molecule has 186 valence electrons. The SMILES string of the molecule is COc1ccccc1-c1c(-c2ccccc2O)nc(-c2ccc(C(F)(F)F)cc2)n1-c1ccc(C)cc1. The summed E-state index contributed by atoms with van der Waals surface area (Å²) in [6, 6.07) is 27.0. The highest BCUT2D eigenvalue weighted by atomic mass is 19.4. The number of para-hydroxylation sites is 2. The number of alkyl halides is 3. The molecule has 0 saturated heterocycles. The van der Waals surface area contributed by atoms with Crippen molar-refractivity contribution < 1.29 is 23.0 Å². The van der Waals surface area contributed by atoms with Gasteiger partial charge in [0, 0.05) is 22.4 Å². The van der Waals surface area contributed by atoms with Crippen molar-refractivity contribution in [2.75, 3.05) is 7.11 Å². The van der Waals surface area contributed by atoms with Gasteiger partial charge in [-0.15, -0.1) is 0 Å². The van der Waals surface area contributed by atoms with Gasteiger partial charge in [0.25, 0.3) is 0 Å². The molecule has 0 fully saturated rings. The number of hydrogen-bond acceptors (Lipinski definition) is 3. The minimum absolute atomic E-state index is 0.0335. The van der Waals surface area contributed by atoms with E-state index in [1.807, 2.05) is 60.0 Å². The van der Waals surface area contributed by atoms with Gasteiger partial charge in [-0.25, -0.2) is 4.98 Å². The van der Waals surface area contributed by atoms with Crippen molar-refractivity contribution in [3.8, 4) is 51.1 Å². The van der Waals surface area contributed by atoms with Crippen molar-refractivity contribution in [3.05, 3.63) is 108 Å². The largest absolute Gasteiger partial charge is 0.507 e. The highest BCUT2D eigenvalue weighted by Crippen LogP contribution is 2.44. The number of nitrogens with zero attached hydrogens (tertiary/aromatic N) is 2. The lowest BCUT2D eigenvalue weighted by Crippen LogP contribution is -2.05. The molecule has 0 atom stereocenters. The highest BCUT2D eigenvalue weighted by Gasteiger charge is 2.31. The Morgan fingerprint density at radius 1 is 0.784 bits per heavy atom. The first-order valence-corrected chi connectivity index (χ1v) is 11.6. The third-order valence-electron chi connectivity index (χ3n) is 6.16. The molecule has 1 N–H and O–H groups in total. The number of hydrogen-bond donors (Lipinski definition) is 1. The number of aryl methyl sites for hydroxylation is 1. The van der Waals surface area contributed by atoms with Gasteiger partial charge in [0.1, 0.15) is 23.0 Å². The monoisotopic (exact) mass is 500 g/mol. The number of ether oxygens (including phenoxy) is 1. The predicted octanol–water partition coefficient (Wildman–Crippen LogP) is 7.91. The van der Waals surface area contributed by atoms with Gasteiger partial charge in [0.15, 0.2) is 0 Å². The Bertz CT molecular complexity index is 1550. The van der Waals surface area contributed by atoms with Crippen LogP contribution in [0.1, 0.15) is 11.1 Å². The first kappa shape index (κ1) is 24.2. The standard InChI is InChI=1S/C30H23F3N2O2/c1-19-11-17-22(18-12-19)35-28(24-8-4-6-10-26(24)37-2)27(23-7-3-5-9-25(23)36)34-29(35)20-13-15-21(16-14-20)30(31,32)33/h3-18,36H,1-2H3. The zero-order valence-corrected chi connectivity index (χ0v) is 20.1. The summed E-state index contributed by atoms with van der Waals surface area (Å²) < 4.78 is 47.4. The molecular formula is C30H23F3N2O2. The first-order valence-electron chi connectivity index (χ1n) is 11.6. The van der Waals surface area contributed by atoms with E-state index in [-0.39, 0.29) is 5.75 Å². The van der Waals surface area contributed by atoms with E-state index in [1.165, 1.54) is 12.1 Å². The number of rotatable bonds is 5. The molecule has 0 radical (unpaired) electrons. The van der Waals surface area contributed by atoms with Gasteiger partial charge in [-0.1, -0.05) is 54.1 Å². The van der Waals surface area contributed by atoms with Crippen molar-refractivity contribution in [2.24, 2.45) is 0 Å². The van der Waals surface area contributed by atoms with E-state index in [1.54, 1.807) is 31.4 Å². The number of phenolic OH excluding ortho intramolecular Hbond substituents is 1. The van der Waals surface area contributed by atoms with Crippen LogP contribution in [0.4, 0.5) is 13.2 Å². The molecule has 0 bridgehead atoms. The average molecular weight is 501 g/mol. The second kappa shape index (κ2) is 9.50. The zero-order valence-electron chi connectivity index (χ0n) is 20.1. The maximum atomic E-state index is 13.3. The second-order valence-electron chi connectivity index (χ2n) is 8.60. The Morgan fingerprint density at radius 2 is 1.41 bits per heavy atom. The Morgan fingerprint density at radius 3 is 2.03 bits per heavy atom. The van der Waals surface area contributed by atoms with E-state index in [4.69, 9.17) is 9.72 Å². The molecule has 0 spiro atoms. The lowest BCUT2D eigenvalue weighted by Gasteiger charge is -2.16. The fourth-order valence-corrected chi connectivity index (χ4v) is 4.32. The quantitative estimate of drug-likeness (QED) is 0.267. The number of phenols is 1. The van der Waals surface area contributed by atoms with Gasteiger partial charge in [0.05, 0.1) is 18.4 Å². The number of aromatic hydroxyl groups is 1. The minimum Gasteiger partial charge on any atom is -0.507 e. The van der Waals surface area contributed by atoms with E-state index in [0.717, 1.165) is 28.9 Å². The summed E-state index contributed by atoms with van der Waals surface area (Å²) in [6.45, 7) is 1.98. The molecule has 4 aromatic carbocycles. The summed E-state index contributed by atoms with van der Waals surface area (Å²) in [6.07, 6.45) is -4.45. The van der Waals surface area contributed by atoms with Gasteiger partial charge >= 0.3 is 6.18 Å². The van der Waals surface area contributed by atoms with Crippen LogP contribution in [0.3, 0.4) is 0 Å². The van der Waals surface area contributed by atoms with Crippen molar-refractivity contribution in [3.63, 3.8) is 0 Å². The van der Waals surface area contributed by atoms with Crippen LogP contribution < -0.4 is 4.74 Å². The van der Waals surface area contributed by atoms with Gasteiger partial charge in [-0.05, 0) is 55.5 Å². The molecule has 5 aromatic rings. The number of methoxy groups -OCH3 is 1. The summed E-state index contributed by atoms with van der Waals surface area (Å²) in [5.74, 6) is 1.05. The van der Waals surface area contributed by atoms with Gasteiger partial charge in [-0.2, -0.15) is 13.2 Å². The lowest BCUT2D eigenvalue weighted by molar-refractivity contribution is -0.137.